The Hall–Kier alpha value is -2.45. The molecule has 4 saturated carbocycles. The number of amides is 1. The zero-order valence-electron chi connectivity index (χ0n) is 32.7. The highest BCUT2D eigenvalue weighted by Crippen LogP contribution is 2.77. The molecule has 286 valence electrons. The lowest BCUT2D eigenvalue weighted by atomic mass is 9.32. The second-order valence-electron chi connectivity index (χ2n) is 19.4. The molecule has 2 N–H and O–H groups in total. The largest absolute Gasteiger partial charge is 0.478 e. The van der Waals surface area contributed by atoms with E-state index in [1.807, 2.05) is 12.1 Å². The average molecular weight is 733 g/mol. The first-order valence-corrected chi connectivity index (χ1v) is 22.1. The number of hydrogen-bond acceptors (Lipinski definition) is 5. The van der Waals surface area contributed by atoms with Crippen LogP contribution in [0.25, 0.3) is 5.57 Å². The highest BCUT2D eigenvalue weighted by atomic mass is 32.2. The smallest absolute Gasteiger partial charge is 0.335 e. The Kier molecular flexibility index (Phi) is 9.53. The summed E-state index contributed by atoms with van der Waals surface area (Å²) in [6, 6.07) is 7.51. The van der Waals surface area contributed by atoms with Crippen LogP contribution in [0.4, 0.5) is 0 Å². The molecule has 3 unspecified atom stereocenters. The van der Waals surface area contributed by atoms with E-state index in [4.69, 9.17) is 0 Å². The number of aromatic carboxylic acids is 1. The van der Waals surface area contributed by atoms with Crippen molar-refractivity contribution in [3.05, 3.63) is 53.6 Å². The fourth-order valence-corrected chi connectivity index (χ4v) is 15.4. The van der Waals surface area contributed by atoms with Gasteiger partial charge in [-0.3, -0.25) is 4.79 Å². The highest BCUT2D eigenvalue weighted by Gasteiger charge is 2.71. The van der Waals surface area contributed by atoms with E-state index >= 15 is 0 Å². The van der Waals surface area contributed by atoms with Crippen LogP contribution in [0, 0.1) is 56.7 Å². The molecular weight excluding hydrogens is 669 g/mol. The van der Waals surface area contributed by atoms with E-state index in [-0.39, 0.29) is 44.5 Å². The van der Waals surface area contributed by atoms with Crippen molar-refractivity contribution in [3.63, 3.8) is 0 Å². The Bertz CT molecular complexity index is 1740. The summed E-state index contributed by atoms with van der Waals surface area (Å²) in [4.78, 5) is 28.3. The van der Waals surface area contributed by atoms with Gasteiger partial charge in [-0.2, -0.15) is 0 Å². The molecule has 9 atom stereocenters. The molecule has 0 spiro atoms. The Morgan fingerprint density at radius 1 is 0.904 bits per heavy atom. The van der Waals surface area contributed by atoms with Crippen LogP contribution in [0.5, 0.6) is 0 Å². The SMILES string of the molecule is C=C(C)[C@@H]1CC[C@]2(C(=O)NCCCN3CCS(=O)(=O)CC3)CC[C@]3(C)[C@H](CCC4[C@@]5(C)CC=C(c6ccc(C(=O)O)cc6)C(C)(C)C5CC[C@]43C)C12. The number of rotatable bonds is 8. The third kappa shape index (κ3) is 5.78. The standard InChI is InChI=1S/C44H64N2O5S/c1-29(2)32-15-20-44(39(49)45-23-8-24-46-25-27-52(50,51)28-26-46)22-21-42(6)34(37(32)44)13-14-36-41(5)18-16-33(30-9-11-31(12-10-30)38(47)48)40(3,4)35(41)17-19-43(36,42)7/h9-12,16,32,34-37H,1,8,13-15,17-28H2,2-7H3,(H,45,49)(H,47,48)/t32-,34+,35?,36?,37?,41-,42+,43+,44-/m0/s1. The number of carboxylic acids is 1. The second-order valence-corrected chi connectivity index (χ2v) is 21.7. The molecule has 5 aliphatic carbocycles. The maximum absolute atomic E-state index is 14.5. The molecule has 1 aromatic rings. The molecule has 1 saturated heterocycles. The normalized spacial score (nSPS) is 40.7. The minimum absolute atomic E-state index is 0.0289. The molecule has 6 aliphatic rings. The van der Waals surface area contributed by atoms with E-state index in [2.05, 4.69) is 64.4 Å². The number of allylic oxidation sites excluding steroid dienone is 3. The van der Waals surface area contributed by atoms with Crippen molar-refractivity contribution in [1.82, 2.24) is 10.2 Å². The third-order valence-electron chi connectivity index (χ3n) is 16.9. The van der Waals surface area contributed by atoms with Crippen LogP contribution in [0.2, 0.25) is 0 Å². The molecule has 7 nitrogen and oxygen atoms in total. The van der Waals surface area contributed by atoms with E-state index in [1.54, 1.807) is 12.1 Å². The predicted molar refractivity (Wildman–Crippen MR) is 208 cm³/mol. The van der Waals surface area contributed by atoms with Gasteiger partial charge < -0.3 is 15.3 Å². The molecular formula is C44H64N2O5S. The summed E-state index contributed by atoms with van der Waals surface area (Å²) in [5, 5.41) is 12.9. The summed E-state index contributed by atoms with van der Waals surface area (Å²) >= 11 is 0. The van der Waals surface area contributed by atoms with Crippen molar-refractivity contribution < 1.29 is 23.1 Å². The maximum atomic E-state index is 14.5. The van der Waals surface area contributed by atoms with Crippen LogP contribution in [0.3, 0.4) is 0 Å². The van der Waals surface area contributed by atoms with Crippen LogP contribution in [-0.2, 0) is 14.6 Å². The summed E-state index contributed by atoms with van der Waals surface area (Å²) in [7, 11) is -2.89. The van der Waals surface area contributed by atoms with E-state index in [0.29, 0.717) is 54.8 Å². The summed E-state index contributed by atoms with van der Waals surface area (Å²) in [6.07, 6.45) is 13.2. The van der Waals surface area contributed by atoms with Crippen molar-refractivity contribution in [2.75, 3.05) is 37.7 Å². The quantitative estimate of drug-likeness (QED) is 0.206. The Morgan fingerprint density at radius 2 is 1.60 bits per heavy atom. The zero-order chi connectivity index (χ0) is 37.5. The first-order valence-electron chi connectivity index (χ1n) is 20.3. The molecule has 1 amide bonds. The van der Waals surface area contributed by atoms with Gasteiger partial charge in [0.25, 0.3) is 0 Å². The fourth-order valence-electron chi connectivity index (χ4n) is 14.1. The number of carbonyl (C=O) groups is 2. The molecule has 7 rings (SSSR count). The van der Waals surface area contributed by atoms with Crippen molar-refractivity contribution >= 4 is 27.3 Å². The number of nitrogens with one attached hydrogen (secondary N) is 1. The van der Waals surface area contributed by atoms with Gasteiger partial charge in [0.1, 0.15) is 0 Å². The van der Waals surface area contributed by atoms with Crippen molar-refractivity contribution in [2.45, 2.75) is 106 Å². The molecule has 0 aromatic heterocycles. The molecule has 0 radical (unpaired) electrons. The van der Waals surface area contributed by atoms with Crippen LogP contribution in [0.15, 0.2) is 42.5 Å². The Labute approximate surface area is 313 Å². The van der Waals surface area contributed by atoms with Gasteiger partial charge in [0.2, 0.25) is 5.91 Å². The predicted octanol–water partition coefficient (Wildman–Crippen LogP) is 8.27. The number of nitrogens with zero attached hydrogens (tertiary/aromatic N) is 1. The number of fused-ring (bicyclic) bond motifs is 7. The molecule has 52 heavy (non-hydrogen) atoms. The minimum atomic E-state index is -2.89. The van der Waals surface area contributed by atoms with E-state index in [9.17, 15) is 23.1 Å². The minimum Gasteiger partial charge on any atom is -0.478 e. The van der Waals surface area contributed by atoms with Crippen molar-refractivity contribution in [3.8, 4) is 0 Å². The van der Waals surface area contributed by atoms with Crippen molar-refractivity contribution in [2.24, 2.45) is 56.7 Å². The Morgan fingerprint density at radius 3 is 2.25 bits per heavy atom. The monoisotopic (exact) mass is 732 g/mol. The van der Waals surface area contributed by atoms with Gasteiger partial charge in [0, 0.05) is 19.6 Å². The lowest BCUT2D eigenvalue weighted by Gasteiger charge is -2.72. The van der Waals surface area contributed by atoms with Gasteiger partial charge in [0.05, 0.1) is 22.5 Å². The molecule has 1 heterocycles. The van der Waals surface area contributed by atoms with Crippen LogP contribution < -0.4 is 5.32 Å². The topological polar surface area (TPSA) is 104 Å². The Balaban J connectivity index is 1.11. The van der Waals surface area contributed by atoms with Crippen LogP contribution >= 0.6 is 0 Å². The first kappa shape index (κ1) is 37.8. The number of benzene rings is 1. The second kappa shape index (κ2) is 13.1. The summed E-state index contributed by atoms with van der Waals surface area (Å²) in [5.74, 6) is 2.19. The van der Waals surface area contributed by atoms with Gasteiger partial charge in [-0.15, -0.1) is 0 Å². The number of carboxylic acid groups (broad SMARTS) is 1. The van der Waals surface area contributed by atoms with Crippen molar-refractivity contribution in [1.29, 1.82) is 0 Å². The van der Waals surface area contributed by atoms with Crippen LogP contribution in [-0.4, -0.2) is 68.0 Å². The summed E-state index contributed by atoms with van der Waals surface area (Å²) < 4.78 is 23.7. The molecule has 1 aliphatic heterocycles. The van der Waals surface area contributed by atoms with E-state index < -0.39 is 15.8 Å². The number of hydrogen-bond donors (Lipinski definition) is 2. The summed E-state index contributed by atoms with van der Waals surface area (Å²) in [6.45, 7) is 22.1. The van der Waals surface area contributed by atoms with Gasteiger partial charge in [-0.25, -0.2) is 13.2 Å². The van der Waals surface area contributed by atoms with Gasteiger partial charge in [0.15, 0.2) is 9.84 Å². The highest BCUT2D eigenvalue weighted by molar-refractivity contribution is 7.91. The van der Waals surface area contributed by atoms with E-state index in [1.165, 1.54) is 36.8 Å². The van der Waals surface area contributed by atoms with Gasteiger partial charge in [-0.1, -0.05) is 65.0 Å². The van der Waals surface area contributed by atoms with Crippen LogP contribution in [0.1, 0.15) is 122 Å². The fraction of sp³-hybridized carbons (Fsp3) is 0.727. The first-order chi connectivity index (χ1) is 24.4. The maximum Gasteiger partial charge on any atom is 0.335 e. The van der Waals surface area contributed by atoms with Gasteiger partial charge >= 0.3 is 5.97 Å². The third-order valence-corrected chi connectivity index (χ3v) is 18.5. The molecule has 8 heteroatoms. The molecule has 0 bridgehead atoms. The number of sulfone groups is 1. The summed E-state index contributed by atoms with van der Waals surface area (Å²) in [5.41, 5.74) is 4.22. The van der Waals surface area contributed by atoms with E-state index in [0.717, 1.165) is 50.6 Å². The lowest BCUT2D eigenvalue weighted by molar-refractivity contribution is -0.225. The number of carbonyl (C=O) groups excluding carboxylic acids is 1. The average Bonchev–Trinajstić information content (AvgIpc) is 3.49. The zero-order valence-corrected chi connectivity index (χ0v) is 33.5. The molecule has 1 aromatic carbocycles. The molecule has 5 fully saturated rings. The van der Waals surface area contributed by atoms with Gasteiger partial charge in [-0.05, 0) is 152 Å². The lowest BCUT2D eigenvalue weighted by Crippen LogP contribution is -2.66.